The van der Waals surface area contributed by atoms with Crippen LogP contribution in [0.4, 0.5) is 0 Å². The number of hydrogen-bond acceptors (Lipinski definition) is 5. The highest BCUT2D eigenvalue weighted by atomic mass is 16.5. The second-order valence-electron chi connectivity index (χ2n) is 12.3. The van der Waals surface area contributed by atoms with Crippen LogP contribution in [0.25, 0.3) is 0 Å². The van der Waals surface area contributed by atoms with Crippen molar-refractivity contribution in [1.29, 1.82) is 0 Å². The van der Waals surface area contributed by atoms with Crippen molar-refractivity contribution in [3.05, 3.63) is 11.6 Å². The van der Waals surface area contributed by atoms with Crippen LogP contribution in [0.1, 0.15) is 86.0 Å². The first kappa shape index (κ1) is 24.8. The van der Waals surface area contributed by atoms with E-state index in [1.807, 2.05) is 0 Å². The van der Waals surface area contributed by atoms with Crippen molar-refractivity contribution >= 4 is 11.9 Å². The number of carbonyl (C=O) groups excluding carboxylic acids is 2. The number of aliphatic hydroxyl groups excluding tert-OH is 1. The van der Waals surface area contributed by atoms with E-state index in [4.69, 9.17) is 9.47 Å². The van der Waals surface area contributed by atoms with Gasteiger partial charge in [-0.25, -0.2) is 0 Å². The molecule has 5 heteroatoms. The number of allylic oxidation sites excluding steroid dienone is 1. The molecule has 0 amide bonds. The Bertz CT molecular complexity index is 804. The summed E-state index contributed by atoms with van der Waals surface area (Å²) in [6.07, 6.45) is 9.38. The van der Waals surface area contributed by atoms with Gasteiger partial charge in [0.25, 0.3) is 0 Å². The topological polar surface area (TPSA) is 72.8 Å². The highest BCUT2D eigenvalue weighted by Crippen LogP contribution is 2.67. The number of ether oxygens (including phenoxy) is 2. The lowest BCUT2D eigenvalue weighted by molar-refractivity contribution is -0.194. The van der Waals surface area contributed by atoms with Gasteiger partial charge in [0.1, 0.15) is 6.10 Å². The van der Waals surface area contributed by atoms with Crippen molar-refractivity contribution in [2.24, 2.45) is 46.3 Å². The molecule has 0 radical (unpaired) electrons. The molecule has 0 aromatic rings. The fourth-order valence-corrected chi connectivity index (χ4v) is 8.75. The first-order valence-corrected chi connectivity index (χ1v) is 13.2. The first-order chi connectivity index (χ1) is 15.5. The predicted molar refractivity (Wildman–Crippen MR) is 127 cm³/mol. The van der Waals surface area contributed by atoms with Gasteiger partial charge in [0.15, 0.2) is 0 Å². The third-order valence-corrected chi connectivity index (χ3v) is 10.4. The van der Waals surface area contributed by atoms with Gasteiger partial charge in [-0.05, 0) is 73.0 Å². The largest absolute Gasteiger partial charge is 0.469 e. The van der Waals surface area contributed by atoms with Crippen molar-refractivity contribution in [3.63, 3.8) is 0 Å². The zero-order valence-electron chi connectivity index (χ0n) is 21.4. The Hall–Kier alpha value is -1.36. The van der Waals surface area contributed by atoms with E-state index in [9.17, 15) is 14.7 Å². The highest BCUT2D eigenvalue weighted by Gasteiger charge is 2.64. The Morgan fingerprint density at radius 3 is 2.61 bits per heavy atom. The molecule has 5 nitrogen and oxygen atoms in total. The van der Waals surface area contributed by atoms with E-state index in [0.717, 1.165) is 31.6 Å². The molecule has 1 N–H and O–H groups in total. The predicted octanol–water partition coefficient (Wildman–Crippen LogP) is 5.30. The summed E-state index contributed by atoms with van der Waals surface area (Å²) in [6, 6.07) is 0. The van der Waals surface area contributed by atoms with Crippen LogP contribution in [-0.2, 0) is 19.1 Å². The summed E-state index contributed by atoms with van der Waals surface area (Å²) in [5, 5.41) is 11.4. The Labute approximate surface area is 199 Å². The third-order valence-electron chi connectivity index (χ3n) is 10.4. The molecule has 0 spiro atoms. The SMILES string of the molecule is COC(=O)CC[C@@H](C)C1=C[C@H](O)[C@H]2C3C(CC[C@]12C)[C@@]1(C)CC[C@@H](C)C[C@H]1C[C@H]3OC(C)=O. The van der Waals surface area contributed by atoms with Crippen molar-refractivity contribution in [1.82, 2.24) is 0 Å². The molecular formula is C28H44O5. The van der Waals surface area contributed by atoms with Crippen LogP contribution in [0.2, 0.25) is 0 Å². The Morgan fingerprint density at radius 2 is 1.94 bits per heavy atom. The van der Waals surface area contributed by atoms with Gasteiger partial charge in [0.05, 0.1) is 13.2 Å². The molecule has 3 fully saturated rings. The molecule has 0 aromatic heterocycles. The Kier molecular flexibility index (Phi) is 6.76. The van der Waals surface area contributed by atoms with Crippen molar-refractivity contribution in [2.75, 3.05) is 7.11 Å². The standard InChI is InChI=1S/C28H44O5/c1-16-9-11-27(4)19(13-16)14-23(33-18(3)29)25-20(27)10-12-28(5)21(15-22(30)26(25)28)17(2)7-8-24(31)32-6/h15-17,19-20,22-23,25-26,30H,7-14H2,1-6H3/t16-,17-,19+,20?,22+,23-,25?,26+,27+,28-/m1/s1. The molecule has 186 valence electrons. The lowest BCUT2D eigenvalue weighted by atomic mass is 9.43. The maximum absolute atomic E-state index is 12.2. The van der Waals surface area contributed by atoms with E-state index >= 15 is 0 Å². The second-order valence-corrected chi connectivity index (χ2v) is 12.3. The number of rotatable bonds is 5. The smallest absolute Gasteiger partial charge is 0.305 e. The Morgan fingerprint density at radius 1 is 1.21 bits per heavy atom. The fourth-order valence-electron chi connectivity index (χ4n) is 8.75. The lowest BCUT2D eigenvalue weighted by Gasteiger charge is -2.63. The summed E-state index contributed by atoms with van der Waals surface area (Å²) in [6.45, 7) is 10.9. The summed E-state index contributed by atoms with van der Waals surface area (Å²) < 4.78 is 10.9. The van der Waals surface area contributed by atoms with Gasteiger partial charge in [-0.2, -0.15) is 0 Å². The van der Waals surface area contributed by atoms with Crippen LogP contribution in [-0.4, -0.2) is 36.4 Å². The number of aliphatic hydroxyl groups is 1. The number of hydrogen-bond donors (Lipinski definition) is 1. The molecule has 2 unspecified atom stereocenters. The molecule has 4 aliphatic rings. The van der Waals surface area contributed by atoms with Gasteiger partial charge in [0.2, 0.25) is 0 Å². The summed E-state index contributed by atoms with van der Waals surface area (Å²) >= 11 is 0. The minimum Gasteiger partial charge on any atom is -0.469 e. The van der Waals surface area contributed by atoms with Gasteiger partial charge in [-0.15, -0.1) is 0 Å². The van der Waals surface area contributed by atoms with E-state index in [1.165, 1.54) is 38.9 Å². The van der Waals surface area contributed by atoms with E-state index in [-0.39, 0.29) is 46.6 Å². The monoisotopic (exact) mass is 460 g/mol. The van der Waals surface area contributed by atoms with Crippen LogP contribution < -0.4 is 0 Å². The van der Waals surface area contributed by atoms with Crippen molar-refractivity contribution < 1.29 is 24.2 Å². The van der Waals surface area contributed by atoms with Crippen LogP contribution in [0, 0.1) is 46.3 Å². The Balaban J connectivity index is 1.65. The van der Waals surface area contributed by atoms with Gasteiger partial charge >= 0.3 is 11.9 Å². The number of carbonyl (C=O) groups is 2. The molecule has 3 saturated carbocycles. The van der Waals surface area contributed by atoms with Gasteiger partial charge in [0, 0.05) is 25.2 Å². The molecule has 0 aliphatic heterocycles. The van der Waals surface area contributed by atoms with Crippen molar-refractivity contribution in [2.45, 2.75) is 98.2 Å². The molecule has 4 aliphatic carbocycles. The van der Waals surface area contributed by atoms with Crippen LogP contribution >= 0.6 is 0 Å². The maximum atomic E-state index is 12.2. The maximum Gasteiger partial charge on any atom is 0.305 e. The zero-order chi connectivity index (χ0) is 24.1. The van der Waals surface area contributed by atoms with Crippen LogP contribution in [0.15, 0.2) is 11.6 Å². The van der Waals surface area contributed by atoms with Gasteiger partial charge in [-0.3, -0.25) is 9.59 Å². The molecule has 0 heterocycles. The van der Waals surface area contributed by atoms with E-state index in [2.05, 4.69) is 33.8 Å². The van der Waals surface area contributed by atoms with Gasteiger partial charge < -0.3 is 14.6 Å². The molecule has 0 saturated heterocycles. The summed E-state index contributed by atoms with van der Waals surface area (Å²) in [5.41, 5.74) is 1.42. The fraction of sp³-hybridized carbons (Fsp3) is 0.857. The number of esters is 2. The average molecular weight is 461 g/mol. The summed E-state index contributed by atoms with van der Waals surface area (Å²) in [5.74, 6) is 1.85. The number of methoxy groups -OCH3 is 1. The highest BCUT2D eigenvalue weighted by molar-refractivity contribution is 5.69. The average Bonchev–Trinajstić information content (AvgIpc) is 3.03. The van der Waals surface area contributed by atoms with E-state index in [0.29, 0.717) is 18.3 Å². The van der Waals surface area contributed by atoms with Gasteiger partial charge in [-0.1, -0.05) is 45.8 Å². The summed E-state index contributed by atoms with van der Waals surface area (Å²) in [4.78, 5) is 23.9. The first-order valence-electron chi connectivity index (χ1n) is 13.2. The molecule has 4 rings (SSSR count). The minimum atomic E-state index is -0.529. The zero-order valence-corrected chi connectivity index (χ0v) is 21.4. The quantitative estimate of drug-likeness (QED) is 0.445. The molecule has 0 bridgehead atoms. The molecular weight excluding hydrogens is 416 g/mol. The third kappa shape index (κ3) is 4.17. The second kappa shape index (κ2) is 9.02. The van der Waals surface area contributed by atoms with Crippen LogP contribution in [0.3, 0.4) is 0 Å². The summed E-state index contributed by atoms with van der Waals surface area (Å²) in [7, 11) is 1.43. The van der Waals surface area contributed by atoms with Crippen LogP contribution in [0.5, 0.6) is 0 Å². The van der Waals surface area contributed by atoms with E-state index < -0.39 is 6.10 Å². The van der Waals surface area contributed by atoms with E-state index in [1.54, 1.807) is 0 Å². The minimum absolute atomic E-state index is 0.0632. The van der Waals surface area contributed by atoms with Crippen molar-refractivity contribution in [3.8, 4) is 0 Å². The number of fused-ring (bicyclic) bond motifs is 5. The lowest BCUT2D eigenvalue weighted by Crippen LogP contribution is -2.60. The normalized spacial score (nSPS) is 45.2. The molecule has 10 atom stereocenters. The molecule has 33 heavy (non-hydrogen) atoms. The molecule has 0 aromatic carbocycles.